The summed E-state index contributed by atoms with van der Waals surface area (Å²) >= 11 is 0. The van der Waals surface area contributed by atoms with Gasteiger partial charge in [-0.1, -0.05) is 12.8 Å². The van der Waals surface area contributed by atoms with Gasteiger partial charge in [-0.3, -0.25) is 0 Å². The van der Waals surface area contributed by atoms with Gasteiger partial charge in [-0.2, -0.15) is 0 Å². The van der Waals surface area contributed by atoms with Gasteiger partial charge in [-0.05, 0) is 19.8 Å². The molecular formula is C12H21N5O. The molecular weight excluding hydrogens is 230 g/mol. The summed E-state index contributed by atoms with van der Waals surface area (Å²) in [5.74, 6) is 1.64. The maximum Gasteiger partial charge on any atom is 0.317 e. The fourth-order valence-electron chi connectivity index (χ4n) is 2.15. The zero-order chi connectivity index (χ0) is 13.0. The topological polar surface area (TPSA) is 63.1 Å². The van der Waals surface area contributed by atoms with Crippen LogP contribution in [0.15, 0.2) is 0 Å². The first kappa shape index (κ1) is 12.9. The summed E-state index contributed by atoms with van der Waals surface area (Å²) in [6.45, 7) is 4.06. The van der Waals surface area contributed by atoms with Crippen LogP contribution in [-0.2, 0) is 13.6 Å². The van der Waals surface area contributed by atoms with E-state index in [1.807, 2.05) is 23.4 Å². The lowest BCUT2D eigenvalue weighted by Crippen LogP contribution is -2.40. The molecule has 18 heavy (non-hydrogen) atoms. The minimum absolute atomic E-state index is 0.0116. The maximum absolute atomic E-state index is 12.0. The molecule has 0 aliphatic carbocycles. The SMILES string of the molecule is Cc1nnc(CNC(=O)N2CCCCCC2)n1C. The van der Waals surface area contributed by atoms with Crippen molar-refractivity contribution in [2.75, 3.05) is 13.1 Å². The number of nitrogens with zero attached hydrogens (tertiary/aromatic N) is 4. The van der Waals surface area contributed by atoms with Crippen molar-refractivity contribution in [3.05, 3.63) is 11.6 Å². The average Bonchev–Trinajstić information content (AvgIpc) is 2.63. The van der Waals surface area contributed by atoms with E-state index in [1.54, 1.807) is 0 Å². The van der Waals surface area contributed by atoms with Crippen LogP contribution in [-0.4, -0.2) is 38.8 Å². The maximum atomic E-state index is 12.0. The fourth-order valence-corrected chi connectivity index (χ4v) is 2.15. The van der Waals surface area contributed by atoms with Gasteiger partial charge in [0, 0.05) is 20.1 Å². The van der Waals surface area contributed by atoms with E-state index in [2.05, 4.69) is 15.5 Å². The second-order valence-electron chi connectivity index (χ2n) is 4.78. The van der Waals surface area contributed by atoms with Crippen molar-refractivity contribution in [3.8, 4) is 0 Å². The standard InChI is InChI=1S/C12H21N5O/c1-10-14-15-11(16(10)2)9-13-12(18)17-7-5-3-4-6-8-17/h3-9H2,1-2H3,(H,13,18). The number of urea groups is 1. The van der Waals surface area contributed by atoms with Crippen molar-refractivity contribution in [2.45, 2.75) is 39.2 Å². The van der Waals surface area contributed by atoms with Crippen LogP contribution < -0.4 is 5.32 Å². The normalized spacial score (nSPS) is 16.4. The highest BCUT2D eigenvalue weighted by molar-refractivity contribution is 5.74. The summed E-state index contributed by atoms with van der Waals surface area (Å²) < 4.78 is 1.89. The molecule has 0 spiro atoms. The van der Waals surface area contributed by atoms with Crippen LogP contribution in [0.25, 0.3) is 0 Å². The summed E-state index contributed by atoms with van der Waals surface area (Å²) in [6.07, 6.45) is 4.67. The fraction of sp³-hybridized carbons (Fsp3) is 0.750. The van der Waals surface area contributed by atoms with Crippen molar-refractivity contribution >= 4 is 6.03 Å². The number of carbonyl (C=O) groups excluding carboxylic acids is 1. The average molecular weight is 251 g/mol. The molecule has 1 aliphatic heterocycles. The molecule has 100 valence electrons. The molecule has 1 N–H and O–H groups in total. The van der Waals surface area contributed by atoms with Gasteiger partial charge in [0.15, 0.2) is 5.82 Å². The third-order valence-corrected chi connectivity index (χ3v) is 3.47. The molecule has 0 unspecified atom stereocenters. The lowest BCUT2D eigenvalue weighted by Gasteiger charge is -2.20. The highest BCUT2D eigenvalue weighted by atomic mass is 16.2. The van der Waals surface area contributed by atoms with Crippen LogP contribution in [0.3, 0.4) is 0 Å². The Bertz CT molecular complexity index is 407. The van der Waals surface area contributed by atoms with E-state index in [9.17, 15) is 4.79 Å². The molecule has 1 aliphatic rings. The van der Waals surface area contributed by atoms with Gasteiger partial charge < -0.3 is 14.8 Å². The Morgan fingerprint density at radius 1 is 1.22 bits per heavy atom. The number of hydrogen-bond donors (Lipinski definition) is 1. The van der Waals surface area contributed by atoms with Crippen molar-refractivity contribution in [1.82, 2.24) is 25.0 Å². The highest BCUT2D eigenvalue weighted by Crippen LogP contribution is 2.09. The summed E-state index contributed by atoms with van der Waals surface area (Å²) in [5.41, 5.74) is 0. The molecule has 6 heteroatoms. The number of carbonyl (C=O) groups is 1. The second kappa shape index (κ2) is 5.84. The molecule has 2 amide bonds. The Kier molecular flexibility index (Phi) is 4.17. The van der Waals surface area contributed by atoms with E-state index in [0.717, 1.165) is 37.6 Å². The first-order chi connectivity index (χ1) is 8.68. The molecule has 2 rings (SSSR count). The Balaban J connectivity index is 1.85. The second-order valence-corrected chi connectivity index (χ2v) is 4.78. The van der Waals surface area contributed by atoms with Gasteiger partial charge in [0.25, 0.3) is 0 Å². The first-order valence-electron chi connectivity index (χ1n) is 6.56. The predicted octanol–water partition coefficient (Wildman–Crippen LogP) is 1.21. The number of aromatic nitrogens is 3. The number of hydrogen-bond acceptors (Lipinski definition) is 3. The van der Waals surface area contributed by atoms with Crippen LogP contribution in [0.1, 0.15) is 37.3 Å². The van der Waals surface area contributed by atoms with Crippen LogP contribution in [0.2, 0.25) is 0 Å². The van der Waals surface area contributed by atoms with Crippen molar-refractivity contribution < 1.29 is 4.79 Å². The highest BCUT2D eigenvalue weighted by Gasteiger charge is 2.15. The smallest absolute Gasteiger partial charge is 0.317 e. The Hall–Kier alpha value is -1.59. The van der Waals surface area contributed by atoms with Gasteiger partial charge in [0.05, 0.1) is 6.54 Å². The van der Waals surface area contributed by atoms with Gasteiger partial charge in [-0.25, -0.2) is 4.79 Å². The van der Waals surface area contributed by atoms with E-state index >= 15 is 0 Å². The lowest BCUT2D eigenvalue weighted by atomic mass is 10.2. The van der Waals surface area contributed by atoms with Crippen molar-refractivity contribution in [1.29, 1.82) is 0 Å². The van der Waals surface area contributed by atoms with E-state index < -0.39 is 0 Å². The van der Waals surface area contributed by atoms with E-state index in [1.165, 1.54) is 12.8 Å². The van der Waals surface area contributed by atoms with Gasteiger partial charge in [0.1, 0.15) is 5.82 Å². The molecule has 0 atom stereocenters. The monoisotopic (exact) mass is 251 g/mol. The van der Waals surface area contributed by atoms with Crippen LogP contribution in [0, 0.1) is 6.92 Å². The molecule has 1 aromatic rings. The zero-order valence-electron chi connectivity index (χ0n) is 11.1. The Morgan fingerprint density at radius 2 is 1.89 bits per heavy atom. The predicted molar refractivity (Wildman–Crippen MR) is 68.0 cm³/mol. The quantitative estimate of drug-likeness (QED) is 0.859. The minimum Gasteiger partial charge on any atom is -0.331 e. The van der Waals surface area contributed by atoms with Gasteiger partial charge in [-0.15, -0.1) is 10.2 Å². The van der Waals surface area contributed by atoms with E-state index in [-0.39, 0.29) is 6.03 Å². The van der Waals surface area contributed by atoms with Gasteiger partial charge >= 0.3 is 6.03 Å². The van der Waals surface area contributed by atoms with Crippen LogP contribution in [0.4, 0.5) is 4.79 Å². The molecule has 6 nitrogen and oxygen atoms in total. The van der Waals surface area contributed by atoms with Crippen LogP contribution >= 0.6 is 0 Å². The summed E-state index contributed by atoms with van der Waals surface area (Å²) in [4.78, 5) is 13.9. The molecule has 0 saturated carbocycles. The molecule has 0 bridgehead atoms. The molecule has 1 saturated heterocycles. The third kappa shape index (κ3) is 3.00. The number of rotatable bonds is 2. The molecule has 0 aromatic carbocycles. The number of aryl methyl sites for hydroxylation is 1. The first-order valence-corrected chi connectivity index (χ1v) is 6.56. The molecule has 0 radical (unpaired) electrons. The summed E-state index contributed by atoms with van der Waals surface area (Å²) in [6, 6.07) is 0.0116. The minimum atomic E-state index is 0.0116. The van der Waals surface area contributed by atoms with Crippen LogP contribution in [0.5, 0.6) is 0 Å². The van der Waals surface area contributed by atoms with E-state index in [0.29, 0.717) is 6.54 Å². The van der Waals surface area contributed by atoms with E-state index in [4.69, 9.17) is 0 Å². The number of nitrogens with one attached hydrogen (secondary N) is 1. The molecule has 1 fully saturated rings. The largest absolute Gasteiger partial charge is 0.331 e. The molecule has 2 heterocycles. The lowest BCUT2D eigenvalue weighted by molar-refractivity contribution is 0.199. The zero-order valence-corrected chi connectivity index (χ0v) is 11.1. The number of amides is 2. The summed E-state index contributed by atoms with van der Waals surface area (Å²) in [7, 11) is 1.91. The third-order valence-electron chi connectivity index (χ3n) is 3.47. The number of likely N-dealkylation sites (tertiary alicyclic amines) is 1. The van der Waals surface area contributed by atoms with Crippen molar-refractivity contribution in [2.24, 2.45) is 7.05 Å². The summed E-state index contributed by atoms with van der Waals surface area (Å²) in [5, 5.41) is 10.9. The van der Waals surface area contributed by atoms with Gasteiger partial charge in [0.2, 0.25) is 0 Å². The Labute approximate surface area is 107 Å². The van der Waals surface area contributed by atoms with Crippen molar-refractivity contribution in [3.63, 3.8) is 0 Å². The molecule has 1 aromatic heterocycles. The Morgan fingerprint density at radius 3 is 2.44 bits per heavy atom.